The molecule has 19 heavy (non-hydrogen) atoms. The van der Waals surface area contributed by atoms with Gasteiger partial charge in [-0.05, 0) is 36.7 Å². The quantitative estimate of drug-likeness (QED) is 0.883. The second-order valence-corrected chi connectivity index (χ2v) is 6.85. The van der Waals surface area contributed by atoms with Crippen molar-refractivity contribution in [2.45, 2.75) is 24.3 Å². The van der Waals surface area contributed by atoms with Gasteiger partial charge in [0.2, 0.25) is 5.91 Å². The number of halogens is 1. The van der Waals surface area contributed by atoms with Crippen LogP contribution in [0.2, 0.25) is 0 Å². The second-order valence-electron chi connectivity index (χ2n) is 4.87. The van der Waals surface area contributed by atoms with Crippen LogP contribution in [0.4, 0.5) is 0 Å². The molecule has 104 valence electrons. The molecule has 0 saturated carbocycles. The Morgan fingerprint density at radius 3 is 3.05 bits per heavy atom. The SMILES string of the molecule is CNCCC(=O)NC1c2cc(Br)ccc2SCC1C. The van der Waals surface area contributed by atoms with E-state index in [1.165, 1.54) is 10.5 Å². The molecule has 1 heterocycles. The standard InChI is InChI=1S/C14H19BrN2OS/c1-9-8-19-12-4-3-10(15)7-11(12)14(9)17-13(18)5-6-16-2/h3-4,7,9,14,16H,5-6,8H2,1-2H3,(H,17,18). The summed E-state index contributed by atoms with van der Waals surface area (Å²) in [6, 6.07) is 6.43. The molecule has 1 aromatic rings. The summed E-state index contributed by atoms with van der Waals surface area (Å²) >= 11 is 5.38. The summed E-state index contributed by atoms with van der Waals surface area (Å²) in [5.41, 5.74) is 1.23. The highest BCUT2D eigenvalue weighted by atomic mass is 79.9. The molecule has 1 aliphatic heterocycles. The summed E-state index contributed by atoms with van der Waals surface area (Å²) in [7, 11) is 1.86. The van der Waals surface area contributed by atoms with Crippen molar-refractivity contribution in [2.24, 2.45) is 5.92 Å². The van der Waals surface area contributed by atoms with E-state index in [2.05, 4.69) is 51.7 Å². The monoisotopic (exact) mass is 342 g/mol. The molecule has 1 aromatic carbocycles. The Morgan fingerprint density at radius 1 is 1.53 bits per heavy atom. The van der Waals surface area contributed by atoms with Gasteiger partial charge in [-0.1, -0.05) is 22.9 Å². The van der Waals surface area contributed by atoms with Crippen LogP contribution in [0.25, 0.3) is 0 Å². The lowest BCUT2D eigenvalue weighted by Gasteiger charge is -2.31. The topological polar surface area (TPSA) is 41.1 Å². The van der Waals surface area contributed by atoms with Crippen LogP contribution in [0.1, 0.15) is 24.9 Å². The lowest BCUT2D eigenvalue weighted by atomic mass is 9.95. The summed E-state index contributed by atoms with van der Waals surface area (Å²) in [6.07, 6.45) is 0.524. The van der Waals surface area contributed by atoms with Crippen molar-refractivity contribution in [3.8, 4) is 0 Å². The number of nitrogens with one attached hydrogen (secondary N) is 2. The van der Waals surface area contributed by atoms with Gasteiger partial charge in [0.05, 0.1) is 6.04 Å². The zero-order valence-electron chi connectivity index (χ0n) is 11.2. The Morgan fingerprint density at radius 2 is 2.32 bits per heavy atom. The Kier molecular flexibility index (Phi) is 5.30. The number of carbonyl (C=O) groups excluding carboxylic acids is 1. The van der Waals surface area contributed by atoms with E-state index in [0.29, 0.717) is 18.9 Å². The zero-order valence-corrected chi connectivity index (χ0v) is 13.6. The number of hydrogen-bond donors (Lipinski definition) is 2. The Labute approximate surface area is 127 Å². The van der Waals surface area contributed by atoms with Crippen LogP contribution >= 0.6 is 27.7 Å². The summed E-state index contributed by atoms with van der Waals surface area (Å²) in [5, 5.41) is 6.18. The van der Waals surface area contributed by atoms with Crippen molar-refractivity contribution in [1.82, 2.24) is 10.6 Å². The first-order valence-corrected chi connectivity index (χ1v) is 8.26. The van der Waals surface area contributed by atoms with Crippen molar-refractivity contribution in [3.63, 3.8) is 0 Å². The van der Waals surface area contributed by atoms with Gasteiger partial charge in [-0.2, -0.15) is 0 Å². The third-order valence-corrected chi connectivity index (χ3v) is 5.16. The number of hydrogen-bond acceptors (Lipinski definition) is 3. The van der Waals surface area contributed by atoms with E-state index < -0.39 is 0 Å². The minimum absolute atomic E-state index is 0.115. The highest BCUT2D eigenvalue weighted by molar-refractivity contribution is 9.10. The predicted octanol–water partition coefficient (Wildman–Crippen LogP) is 2.96. The third-order valence-electron chi connectivity index (χ3n) is 3.30. The smallest absolute Gasteiger partial charge is 0.221 e. The van der Waals surface area contributed by atoms with Crippen molar-refractivity contribution in [3.05, 3.63) is 28.2 Å². The molecule has 2 atom stereocenters. The molecule has 2 unspecified atom stereocenters. The maximum atomic E-state index is 11.9. The average molecular weight is 343 g/mol. The molecule has 1 amide bonds. The van der Waals surface area contributed by atoms with Gasteiger partial charge in [0, 0.05) is 28.1 Å². The molecule has 0 saturated heterocycles. The molecule has 0 aliphatic carbocycles. The maximum Gasteiger partial charge on any atom is 0.221 e. The van der Waals surface area contributed by atoms with Gasteiger partial charge in [0.25, 0.3) is 0 Å². The Balaban J connectivity index is 2.15. The van der Waals surface area contributed by atoms with E-state index >= 15 is 0 Å². The van der Waals surface area contributed by atoms with Gasteiger partial charge in [-0.3, -0.25) is 4.79 Å². The molecule has 0 fully saturated rings. The number of carbonyl (C=O) groups is 1. The molecule has 2 N–H and O–H groups in total. The van der Waals surface area contributed by atoms with E-state index in [4.69, 9.17) is 0 Å². The zero-order chi connectivity index (χ0) is 13.8. The Bertz CT molecular complexity index is 467. The number of rotatable bonds is 4. The van der Waals surface area contributed by atoms with Crippen LogP contribution in [0.15, 0.2) is 27.6 Å². The van der Waals surface area contributed by atoms with Crippen molar-refractivity contribution >= 4 is 33.6 Å². The van der Waals surface area contributed by atoms with E-state index in [-0.39, 0.29) is 11.9 Å². The second kappa shape index (κ2) is 6.77. The highest BCUT2D eigenvalue weighted by Crippen LogP contribution is 2.40. The number of amides is 1. The minimum Gasteiger partial charge on any atom is -0.349 e. The minimum atomic E-state index is 0.115. The van der Waals surface area contributed by atoms with Gasteiger partial charge in [0.15, 0.2) is 0 Å². The predicted molar refractivity (Wildman–Crippen MR) is 83.5 cm³/mol. The molecular formula is C14H19BrN2OS. The van der Waals surface area contributed by atoms with Crippen molar-refractivity contribution in [2.75, 3.05) is 19.3 Å². The largest absolute Gasteiger partial charge is 0.349 e. The summed E-state index contributed by atoms with van der Waals surface area (Å²) < 4.78 is 1.07. The van der Waals surface area contributed by atoms with Crippen LogP contribution in [-0.2, 0) is 4.79 Å². The van der Waals surface area contributed by atoms with Gasteiger partial charge in [-0.25, -0.2) is 0 Å². The lowest BCUT2D eigenvalue weighted by molar-refractivity contribution is -0.122. The molecule has 3 nitrogen and oxygen atoms in total. The number of thioether (sulfide) groups is 1. The van der Waals surface area contributed by atoms with Gasteiger partial charge >= 0.3 is 0 Å². The summed E-state index contributed by atoms with van der Waals surface area (Å²) in [5.74, 6) is 1.61. The van der Waals surface area contributed by atoms with Crippen molar-refractivity contribution < 1.29 is 4.79 Å². The van der Waals surface area contributed by atoms with E-state index in [0.717, 1.165) is 10.2 Å². The highest BCUT2D eigenvalue weighted by Gasteiger charge is 2.28. The van der Waals surface area contributed by atoms with Gasteiger partial charge in [-0.15, -0.1) is 11.8 Å². The van der Waals surface area contributed by atoms with Crippen LogP contribution in [0.5, 0.6) is 0 Å². The summed E-state index contributed by atoms with van der Waals surface area (Å²) in [4.78, 5) is 13.2. The molecule has 2 rings (SSSR count). The van der Waals surface area contributed by atoms with Crippen molar-refractivity contribution in [1.29, 1.82) is 0 Å². The molecule has 0 spiro atoms. The first-order chi connectivity index (χ1) is 9.11. The van der Waals surface area contributed by atoms with Crippen LogP contribution in [0.3, 0.4) is 0 Å². The fourth-order valence-corrected chi connectivity index (χ4v) is 3.75. The van der Waals surface area contributed by atoms with Crippen LogP contribution in [-0.4, -0.2) is 25.3 Å². The molecule has 5 heteroatoms. The van der Waals surface area contributed by atoms with Crippen LogP contribution < -0.4 is 10.6 Å². The fraction of sp³-hybridized carbons (Fsp3) is 0.500. The fourth-order valence-electron chi connectivity index (χ4n) is 2.22. The molecule has 0 aromatic heterocycles. The van der Waals surface area contributed by atoms with Gasteiger partial charge < -0.3 is 10.6 Å². The van der Waals surface area contributed by atoms with E-state index in [9.17, 15) is 4.79 Å². The molecule has 0 bridgehead atoms. The molecule has 0 radical (unpaired) electrons. The normalized spacial score (nSPS) is 21.8. The molecule has 1 aliphatic rings. The first kappa shape index (κ1) is 14.9. The number of benzene rings is 1. The van der Waals surface area contributed by atoms with E-state index in [1.807, 2.05) is 18.8 Å². The first-order valence-electron chi connectivity index (χ1n) is 6.48. The lowest BCUT2D eigenvalue weighted by Crippen LogP contribution is -2.36. The van der Waals surface area contributed by atoms with Crippen LogP contribution in [0, 0.1) is 5.92 Å². The maximum absolute atomic E-state index is 11.9. The van der Waals surface area contributed by atoms with Gasteiger partial charge in [0.1, 0.15) is 0 Å². The average Bonchev–Trinajstić information content (AvgIpc) is 2.40. The summed E-state index contributed by atoms with van der Waals surface area (Å²) in [6.45, 7) is 2.91. The Hall–Kier alpha value is -0.520. The third kappa shape index (κ3) is 3.74. The number of fused-ring (bicyclic) bond motifs is 1. The molecular weight excluding hydrogens is 324 g/mol. The van der Waals surface area contributed by atoms with E-state index in [1.54, 1.807) is 0 Å².